The van der Waals surface area contributed by atoms with Crippen molar-refractivity contribution in [2.24, 2.45) is 11.8 Å². The van der Waals surface area contributed by atoms with Crippen molar-refractivity contribution >= 4 is 6.09 Å². The molecule has 0 aromatic rings. The first-order valence-electron chi connectivity index (χ1n) is 8.02. The third-order valence-corrected chi connectivity index (χ3v) is 3.57. The lowest BCUT2D eigenvalue weighted by Gasteiger charge is -2.23. The molecule has 0 bridgehead atoms. The van der Waals surface area contributed by atoms with E-state index in [-0.39, 0.29) is 6.09 Å². The molecule has 0 saturated heterocycles. The van der Waals surface area contributed by atoms with Gasteiger partial charge in [0, 0.05) is 12.6 Å². The number of carbonyl (C=O) groups excluding carboxylic acids is 1. The van der Waals surface area contributed by atoms with Crippen LogP contribution in [0.25, 0.3) is 0 Å². The predicted octanol–water partition coefficient (Wildman–Crippen LogP) is 3.32. The van der Waals surface area contributed by atoms with Gasteiger partial charge in [-0.05, 0) is 58.4 Å². The Morgan fingerprint density at radius 3 is 2.45 bits per heavy atom. The van der Waals surface area contributed by atoms with Crippen molar-refractivity contribution in [1.82, 2.24) is 10.6 Å². The Morgan fingerprint density at radius 1 is 1.30 bits per heavy atom. The Hall–Kier alpha value is -0.770. The van der Waals surface area contributed by atoms with Crippen molar-refractivity contribution in [3.8, 4) is 0 Å². The summed E-state index contributed by atoms with van der Waals surface area (Å²) in [4.78, 5) is 11.7. The fourth-order valence-corrected chi connectivity index (χ4v) is 2.36. The van der Waals surface area contributed by atoms with Gasteiger partial charge in [-0.3, -0.25) is 0 Å². The summed E-state index contributed by atoms with van der Waals surface area (Å²) in [5.74, 6) is 1.42. The molecular formula is C16H32N2O2. The summed E-state index contributed by atoms with van der Waals surface area (Å²) in [5, 5.41) is 6.51. The molecule has 4 nitrogen and oxygen atoms in total. The van der Waals surface area contributed by atoms with Crippen LogP contribution in [0.1, 0.15) is 60.3 Å². The van der Waals surface area contributed by atoms with Gasteiger partial charge in [0.05, 0.1) is 0 Å². The monoisotopic (exact) mass is 284 g/mol. The smallest absolute Gasteiger partial charge is 0.407 e. The quantitative estimate of drug-likeness (QED) is 0.719. The summed E-state index contributed by atoms with van der Waals surface area (Å²) in [6.45, 7) is 11.9. The number of hydrogen-bond donors (Lipinski definition) is 2. The van der Waals surface area contributed by atoms with Crippen molar-refractivity contribution < 1.29 is 9.53 Å². The van der Waals surface area contributed by atoms with Crippen LogP contribution in [0.4, 0.5) is 4.79 Å². The molecule has 2 atom stereocenters. The van der Waals surface area contributed by atoms with Crippen LogP contribution in [-0.4, -0.2) is 30.8 Å². The zero-order valence-electron chi connectivity index (χ0n) is 13.8. The normalized spacial score (nSPS) is 18.4. The summed E-state index contributed by atoms with van der Waals surface area (Å²) in [6.07, 6.45) is 4.72. The molecule has 20 heavy (non-hydrogen) atoms. The van der Waals surface area contributed by atoms with Gasteiger partial charge in [0.15, 0.2) is 0 Å². The maximum Gasteiger partial charge on any atom is 0.407 e. The number of carbonyl (C=O) groups is 1. The summed E-state index contributed by atoms with van der Waals surface area (Å²) in [5.41, 5.74) is -0.428. The van der Waals surface area contributed by atoms with Gasteiger partial charge in [-0.25, -0.2) is 4.79 Å². The lowest BCUT2D eigenvalue weighted by Crippen LogP contribution is -2.45. The Bertz CT molecular complexity index is 295. The van der Waals surface area contributed by atoms with E-state index >= 15 is 0 Å². The van der Waals surface area contributed by atoms with E-state index < -0.39 is 5.60 Å². The first-order valence-corrected chi connectivity index (χ1v) is 8.02. The molecule has 0 aromatic heterocycles. The van der Waals surface area contributed by atoms with Gasteiger partial charge in [-0.1, -0.05) is 20.3 Å². The lowest BCUT2D eigenvalue weighted by molar-refractivity contribution is 0.0521. The summed E-state index contributed by atoms with van der Waals surface area (Å²) >= 11 is 0. The van der Waals surface area contributed by atoms with Gasteiger partial charge in [-0.15, -0.1) is 0 Å². The van der Waals surface area contributed by atoms with Gasteiger partial charge in [0.25, 0.3) is 0 Å². The van der Waals surface area contributed by atoms with E-state index in [1.54, 1.807) is 0 Å². The topological polar surface area (TPSA) is 50.4 Å². The molecule has 1 aliphatic rings. The molecule has 1 rings (SSSR count). The molecule has 1 aliphatic carbocycles. The average Bonchev–Trinajstić information content (AvgIpc) is 3.11. The fourth-order valence-electron chi connectivity index (χ4n) is 2.36. The maximum absolute atomic E-state index is 11.7. The molecule has 0 radical (unpaired) electrons. The van der Waals surface area contributed by atoms with Gasteiger partial charge >= 0.3 is 6.09 Å². The van der Waals surface area contributed by atoms with Crippen molar-refractivity contribution in [3.63, 3.8) is 0 Å². The highest BCUT2D eigenvalue weighted by Crippen LogP contribution is 2.32. The molecule has 118 valence electrons. The number of amides is 1. The minimum Gasteiger partial charge on any atom is -0.444 e. The van der Waals surface area contributed by atoms with Crippen LogP contribution in [0.5, 0.6) is 0 Å². The first kappa shape index (κ1) is 17.3. The Labute approximate surface area is 124 Å². The third kappa shape index (κ3) is 7.73. The van der Waals surface area contributed by atoms with Crippen molar-refractivity contribution in [1.29, 1.82) is 0 Å². The molecular weight excluding hydrogens is 252 g/mol. The highest BCUT2D eigenvalue weighted by molar-refractivity contribution is 5.67. The van der Waals surface area contributed by atoms with Gasteiger partial charge in [0.2, 0.25) is 0 Å². The van der Waals surface area contributed by atoms with E-state index in [2.05, 4.69) is 24.5 Å². The molecule has 1 amide bonds. The second-order valence-corrected chi connectivity index (χ2v) is 7.13. The maximum atomic E-state index is 11.7. The summed E-state index contributed by atoms with van der Waals surface area (Å²) in [6, 6.07) is 0.391. The van der Waals surface area contributed by atoms with Crippen LogP contribution in [0.3, 0.4) is 0 Å². The second kappa shape index (κ2) is 7.87. The molecule has 2 N–H and O–H groups in total. The van der Waals surface area contributed by atoms with E-state index in [1.807, 2.05) is 20.8 Å². The molecule has 1 saturated carbocycles. The molecule has 0 aliphatic heterocycles. The number of ether oxygens (including phenoxy) is 1. The van der Waals surface area contributed by atoms with Crippen LogP contribution < -0.4 is 10.6 Å². The SMILES string of the molecule is CCCC(C)CNC(CNC(=O)OC(C)(C)C)C1CC1. The molecule has 0 spiro atoms. The third-order valence-electron chi connectivity index (χ3n) is 3.57. The zero-order valence-corrected chi connectivity index (χ0v) is 13.8. The van der Waals surface area contributed by atoms with Crippen LogP contribution in [0, 0.1) is 11.8 Å². The van der Waals surface area contributed by atoms with Crippen LogP contribution in [0.2, 0.25) is 0 Å². The van der Waals surface area contributed by atoms with Gasteiger partial charge < -0.3 is 15.4 Å². The molecule has 0 aromatic carbocycles. The largest absolute Gasteiger partial charge is 0.444 e. The van der Waals surface area contributed by atoms with Crippen LogP contribution >= 0.6 is 0 Å². The lowest BCUT2D eigenvalue weighted by atomic mass is 10.1. The van der Waals surface area contributed by atoms with E-state index in [1.165, 1.54) is 25.7 Å². The second-order valence-electron chi connectivity index (χ2n) is 7.13. The molecule has 0 heterocycles. The van der Waals surface area contributed by atoms with Crippen molar-refractivity contribution in [2.75, 3.05) is 13.1 Å². The van der Waals surface area contributed by atoms with Crippen LogP contribution in [-0.2, 0) is 4.74 Å². The van der Waals surface area contributed by atoms with Gasteiger partial charge in [0.1, 0.15) is 5.60 Å². The number of hydrogen-bond acceptors (Lipinski definition) is 3. The van der Waals surface area contributed by atoms with Crippen molar-refractivity contribution in [3.05, 3.63) is 0 Å². The van der Waals surface area contributed by atoms with E-state index in [4.69, 9.17) is 4.74 Å². The first-order chi connectivity index (χ1) is 9.31. The Morgan fingerprint density at radius 2 is 1.95 bits per heavy atom. The van der Waals surface area contributed by atoms with E-state index in [0.29, 0.717) is 18.5 Å². The number of alkyl carbamates (subject to hydrolysis) is 1. The Kier molecular flexibility index (Phi) is 6.80. The van der Waals surface area contributed by atoms with Crippen LogP contribution in [0.15, 0.2) is 0 Å². The summed E-state index contributed by atoms with van der Waals surface area (Å²) < 4.78 is 5.27. The van der Waals surface area contributed by atoms with E-state index in [0.717, 1.165) is 12.5 Å². The standard InChI is InChI=1S/C16H32N2O2/c1-6-7-12(2)10-17-14(13-8-9-13)11-18-15(19)20-16(3,4)5/h12-14,17H,6-11H2,1-5H3,(H,18,19). The average molecular weight is 284 g/mol. The van der Waals surface area contributed by atoms with E-state index in [9.17, 15) is 4.79 Å². The Balaban J connectivity index is 2.27. The molecule has 1 fully saturated rings. The molecule has 4 heteroatoms. The number of nitrogens with one attached hydrogen (secondary N) is 2. The van der Waals surface area contributed by atoms with Gasteiger partial charge in [-0.2, -0.15) is 0 Å². The minimum absolute atomic E-state index is 0.313. The fraction of sp³-hybridized carbons (Fsp3) is 0.938. The minimum atomic E-state index is -0.428. The molecule has 2 unspecified atom stereocenters. The highest BCUT2D eigenvalue weighted by atomic mass is 16.6. The summed E-state index contributed by atoms with van der Waals surface area (Å²) in [7, 11) is 0. The zero-order chi connectivity index (χ0) is 15.2. The van der Waals surface area contributed by atoms with Crippen molar-refractivity contribution in [2.45, 2.75) is 71.9 Å². The number of rotatable bonds is 8. The highest BCUT2D eigenvalue weighted by Gasteiger charge is 2.31. The predicted molar refractivity (Wildman–Crippen MR) is 82.8 cm³/mol.